The molecule has 51 heavy (non-hydrogen) atoms. The third kappa shape index (κ3) is 8.70. The number of nitrogens with two attached hydrogens (primary N) is 1. The van der Waals surface area contributed by atoms with E-state index in [1.54, 1.807) is 55.5 Å². The molecule has 1 saturated heterocycles. The number of aliphatic hydroxyl groups excluding tert-OH is 1. The molecule has 6 atom stereocenters. The highest BCUT2D eigenvalue weighted by atomic mass is 31.2. The number of hydrogen-bond acceptors (Lipinski definition) is 14. The molecule has 0 radical (unpaired) electrons. The monoisotopic (exact) mass is 727 g/mol. The van der Waals surface area contributed by atoms with Crippen molar-refractivity contribution in [2.24, 2.45) is 0 Å². The van der Waals surface area contributed by atoms with Crippen molar-refractivity contribution in [2.45, 2.75) is 77.0 Å². The summed E-state index contributed by atoms with van der Waals surface area (Å²) in [6.07, 6.45) is -4.14. The van der Waals surface area contributed by atoms with Crippen LogP contribution in [0.2, 0.25) is 0 Å². The third-order valence-electron chi connectivity index (χ3n) is 8.19. The van der Waals surface area contributed by atoms with Gasteiger partial charge in [-0.3, -0.25) is 18.7 Å². The maximum atomic E-state index is 14.3. The number of methoxy groups -OCH3 is 1. The maximum Gasteiger partial charge on any atom is 0.342 e. The van der Waals surface area contributed by atoms with Crippen LogP contribution in [0.15, 0.2) is 60.7 Å². The van der Waals surface area contributed by atoms with Gasteiger partial charge in [-0.2, -0.15) is 9.97 Å². The lowest BCUT2D eigenvalue weighted by molar-refractivity contribution is -0.147. The molecule has 6 unspecified atom stereocenters. The predicted octanol–water partition coefficient (Wildman–Crippen LogP) is 2.30. The third-order valence-corrected chi connectivity index (χ3v) is 10.2. The van der Waals surface area contributed by atoms with E-state index < -0.39 is 62.3 Å². The Morgan fingerprint density at radius 2 is 1.51 bits per heavy atom. The summed E-state index contributed by atoms with van der Waals surface area (Å²) in [6, 6.07) is 15.6. The Kier molecular flexibility index (Phi) is 11.7. The summed E-state index contributed by atoms with van der Waals surface area (Å²) < 4.78 is 43.8. The van der Waals surface area contributed by atoms with Gasteiger partial charge in [0.05, 0.1) is 13.7 Å². The van der Waals surface area contributed by atoms with Gasteiger partial charge in [-0.05, 0) is 38.8 Å². The molecule has 1 aliphatic heterocycles. The number of aryl methyl sites for hydroxylation is 1. The Balaban J connectivity index is 1.33. The number of aromatic nitrogens is 4. The van der Waals surface area contributed by atoms with E-state index in [4.69, 9.17) is 29.2 Å². The maximum absolute atomic E-state index is 14.3. The van der Waals surface area contributed by atoms with E-state index in [1.807, 2.05) is 12.1 Å². The normalized spacial score (nSPS) is 22.6. The van der Waals surface area contributed by atoms with Crippen molar-refractivity contribution in [3.8, 4) is 5.88 Å². The van der Waals surface area contributed by atoms with E-state index in [1.165, 1.54) is 32.4 Å². The highest BCUT2D eigenvalue weighted by Gasteiger charge is 2.54. The molecule has 6 N–H and O–H groups in total. The van der Waals surface area contributed by atoms with Crippen molar-refractivity contribution >= 4 is 36.7 Å². The number of carbonyl (C=O) groups excluding carboxylic acids is 2. The van der Waals surface area contributed by atoms with E-state index >= 15 is 0 Å². The minimum Gasteiger partial charge on any atom is -0.479 e. The van der Waals surface area contributed by atoms with Gasteiger partial charge in [-0.25, -0.2) is 15.2 Å². The fourth-order valence-electron chi connectivity index (χ4n) is 5.46. The molecule has 2 aromatic heterocycles. The standard InChI is InChI=1S/C33H42N7O10P/c1-19(29(42)47-16-22-12-8-6-9-13-22)38-51(45,39-20(2)30(43)48-17-23-14-10-7-11-15-23)49-18-24-26(41)33(4,44)31(50-24)40-21(3)35-25-27(40)36-32(34)37-28(25)46-5/h6-15,19-20,24,26,31,41,44H,16-18H2,1-5H3,(H2,34,36,37)(H2,38,39,45). The predicted molar refractivity (Wildman–Crippen MR) is 183 cm³/mol. The van der Waals surface area contributed by atoms with Gasteiger partial charge < -0.3 is 39.4 Å². The molecule has 3 heterocycles. The van der Waals surface area contributed by atoms with Crippen LogP contribution in [0.5, 0.6) is 5.88 Å². The molecule has 0 bridgehead atoms. The first-order chi connectivity index (χ1) is 24.2. The number of esters is 2. The molecule has 0 saturated carbocycles. The second-order valence-corrected chi connectivity index (χ2v) is 14.1. The second-order valence-electron chi connectivity index (χ2n) is 12.2. The summed E-state index contributed by atoms with van der Waals surface area (Å²) >= 11 is 0. The van der Waals surface area contributed by atoms with Crippen molar-refractivity contribution in [1.82, 2.24) is 29.7 Å². The van der Waals surface area contributed by atoms with Gasteiger partial charge in [0.15, 0.2) is 17.4 Å². The average molecular weight is 728 g/mol. The fraction of sp³-hybridized carbons (Fsp3) is 0.424. The molecule has 2 aromatic carbocycles. The van der Waals surface area contributed by atoms with E-state index in [2.05, 4.69) is 25.1 Å². The summed E-state index contributed by atoms with van der Waals surface area (Å²) in [5.41, 5.74) is 5.85. The summed E-state index contributed by atoms with van der Waals surface area (Å²) in [6.45, 7) is 5.17. The molecule has 17 nitrogen and oxygen atoms in total. The zero-order valence-electron chi connectivity index (χ0n) is 28.8. The topological polar surface area (TPSA) is 231 Å². The molecular weight excluding hydrogens is 685 g/mol. The number of ether oxygens (including phenoxy) is 4. The number of imidazole rings is 1. The molecule has 5 rings (SSSR count). The fourth-order valence-corrected chi connectivity index (χ4v) is 7.27. The SMILES string of the molecule is COc1nc(N)nc2c1nc(C)n2C1OC(COP(=O)(NC(C)C(=O)OCc2ccccc2)NC(C)C(=O)OCc2ccccc2)C(O)C1(C)O. The van der Waals surface area contributed by atoms with Crippen LogP contribution in [0.1, 0.15) is 44.0 Å². The smallest absolute Gasteiger partial charge is 0.342 e. The van der Waals surface area contributed by atoms with E-state index in [0.29, 0.717) is 5.82 Å². The van der Waals surface area contributed by atoms with Crippen molar-refractivity contribution in [3.05, 3.63) is 77.6 Å². The number of carbonyl (C=O) groups is 2. The molecule has 1 fully saturated rings. The largest absolute Gasteiger partial charge is 0.479 e. The van der Waals surface area contributed by atoms with Crippen molar-refractivity contribution in [1.29, 1.82) is 0 Å². The quantitative estimate of drug-likeness (QED) is 0.0873. The van der Waals surface area contributed by atoms with Gasteiger partial charge in [0, 0.05) is 0 Å². The number of hydrogen-bond donors (Lipinski definition) is 5. The van der Waals surface area contributed by atoms with Crippen LogP contribution in [0.4, 0.5) is 5.95 Å². The summed E-state index contributed by atoms with van der Waals surface area (Å²) in [5.74, 6) is -1.18. The van der Waals surface area contributed by atoms with Crippen LogP contribution < -0.4 is 20.6 Å². The molecule has 0 amide bonds. The molecule has 4 aromatic rings. The highest BCUT2D eigenvalue weighted by molar-refractivity contribution is 7.54. The van der Waals surface area contributed by atoms with Crippen LogP contribution in [-0.2, 0) is 46.1 Å². The summed E-state index contributed by atoms with van der Waals surface area (Å²) in [7, 11) is -2.95. The molecule has 0 spiro atoms. The van der Waals surface area contributed by atoms with Gasteiger partial charge in [0.1, 0.15) is 48.9 Å². The van der Waals surface area contributed by atoms with Crippen LogP contribution in [-0.4, -0.2) is 85.3 Å². The van der Waals surface area contributed by atoms with Crippen molar-refractivity contribution in [2.75, 3.05) is 19.5 Å². The second kappa shape index (κ2) is 15.8. The van der Waals surface area contributed by atoms with Gasteiger partial charge in [-0.1, -0.05) is 60.7 Å². The van der Waals surface area contributed by atoms with Crippen molar-refractivity contribution < 1.29 is 47.8 Å². The van der Waals surface area contributed by atoms with Crippen LogP contribution in [0.25, 0.3) is 11.2 Å². The Morgan fingerprint density at radius 1 is 0.980 bits per heavy atom. The minimum absolute atomic E-state index is 0.0319. The number of benzene rings is 2. The Hall–Kier alpha value is -4.48. The minimum atomic E-state index is -4.34. The number of anilines is 1. The number of fused-ring (bicyclic) bond motifs is 1. The van der Waals surface area contributed by atoms with Crippen LogP contribution >= 0.6 is 7.67 Å². The van der Waals surface area contributed by atoms with Gasteiger partial charge in [0.2, 0.25) is 11.8 Å². The number of nitrogen functional groups attached to an aromatic ring is 1. The Bertz CT molecular complexity index is 1810. The van der Waals surface area contributed by atoms with E-state index in [-0.39, 0.29) is 36.2 Å². The summed E-state index contributed by atoms with van der Waals surface area (Å²) in [4.78, 5) is 38.6. The average Bonchev–Trinajstić information content (AvgIpc) is 3.55. The number of rotatable bonds is 15. The van der Waals surface area contributed by atoms with Crippen molar-refractivity contribution in [3.63, 3.8) is 0 Å². The summed E-state index contributed by atoms with van der Waals surface area (Å²) in [5, 5.41) is 28.0. The lowest BCUT2D eigenvalue weighted by Crippen LogP contribution is -2.45. The lowest BCUT2D eigenvalue weighted by Gasteiger charge is -2.28. The van der Waals surface area contributed by atoms with Gasteiger partial charge in [-0.15, -0.1) is 0 Å². The van der Waals surface area contributed by atoms with E-state index in [9.17, 15) is 24.4 Å². The molecule has 274 valence electrons. The van der Waals surface area contributed by atoms with Crippen LogP contribution in [0, 0.1) is 6.92 Å². The van der Waals surface area contributed by atoms with Gasteiger partial charge in [0.25, 0.3) is 0 Å². The molecule has 0 aliphatic carbocycles. The highest BCUT2D eigenvalue weighted by Crippen LogP contribution is 2.44. The van der Waals surface area contributed by atoms with E-state index in [0.717, 1.165) is 11.1 Å². The zero-order chi connectivity index (χ0) is 36.9. The number of nitrogens with zero attached hydrogens (tertiary/aromatic N) is 4. The van der Waals surface area contributed by atoms with Gasteiger partial charge >= 0.3 is 19.6 Å². The molecule has 1 aliphatic rings. The first kappa shape index (κ1) is 37.8. The molecule has 18 heteroatoms. The Morgan fingerprint density at radius 3 is 2.02 bits per heavy atom. The van der Waals surface area contributed by atoms with Crippen LogP contribution in [0.3, 0.4) is 0 Å². The first-order valence-electron chi connectivity index (χ1n) is 16.1. The Labute approximate surface area is 294 Å². The number of nitrogens with one attached hydrogen (secondary N) is 2. The molecular formula is C33H42N7O10P. The first-order valence-corrected chi connectivity index (χ1v) is 17.7. The lowest BCUT2D eigenvalue weighted by atomic mass is 9.96. The zero-order valence-corrected chi connectivity index (χ0v) is 29.6. The number of aliphatic hydroxyl groups is 2.